The molecule has 0 atom stereocenters. The minimum atomic E-state index is -0.00352. The maximum Gasteiger partial charge on any atom is 0.257 e. The Bertz CT molecular complexity index is 467. The number of carbonyl (C=O) groups excluding carboxylic acids is 1. The van der Waals surface area contributed by atoms with Crippen LogP contribution in [-0.2, 0) is 13.5 Å². The number of amides is 1. The minimum Gasteiger partial charge on any atom is -0.393 e. The first-order chi connectivity index (χ1) is 8.86. The molecule has 0 saturated carbocycles. The topological polar surface area (TPSA) is 64.2 Å². The van der Waals surface area contributed by atoms with Crippen molar-refractivity contribution in [2.75, 3.05) is 6.54 Å². The number of aromatic nitrogens is 2. The number of rotatable bonds is 6. The van der Waals surface area contributed by atoms with Crippen molar-refractivity contribution in [3.05, 3.63) is 17.5 Å². The zero-order valence-corrected chi connectivity index (χ0v) is 12.8. The van der Waals surface area contributed by atoms with Crippen LogP contribution in [-0.4, -0.2) is 38.2 Å². The second-order valence-corrected chi connectivity index (χ2v) is 5.35. The summed E-state index contributed by atoms with van der Waals surface area (Å²) in [4.78, 5) is 14.8. The summed E-state index contributed by atoms with van der Waals surface area (Å²) in [5.74, 6) is -0.00352. The fraction of sp³-hybridized carbons (Fsp3) is 0.615. The van der Waals surface area contributed by atoms with Crippen LogP contribution < -0.4 is 5.73 Å². The van der Waals surface area contributed by atoms with Gasteiger partial charge in [-0.2, -0.15) is 5.10 Å². The molecule has 6 heteroatoms. The molecule has 0 bridgehead atoms. The van der Waals surface area contributed by atoms with Crippen LogP contribution in [0.3, 0.4) is 0 Å². The molecule has 106 valence electrons. The van der Waals surface area contributed by atoms with E-state index in [1.54, 1.807) is 15.8 Å². The molecule has 1 heterocycles. The van der Waals surface area contributed by atoms with Crippen molar-refractivity contribution in [1.29, 1.82) is 0 Å². The summed E-state index contributed by atoms with van der Waals surface area (Å²) in [5, 5.41) is 4.31. The van der Waals surface area contributed by atoms with E-state index < -0.39 is 0 Å². The standard InChI is InChI=1S/C13H22N4OS/c1-5-11-10(8-16(4)15-11)13(18)17(9(2)3)7-6-12(14)19/h8-9H,5-7H2,1-4H3,(H2,14,19). The molecule has 1 aromatic heterocycles. The summed E-state index contributed by atoms with van der Waals surface area (Å²) in [6.45, 7) is 6.51. The first kappa shape index (κ1) is 15.6. The smallest absolute Gasteiger partial charge is 0.257 e. The zero-order valence-electron chi connectivity index (χ0n) is 12.0. The molecule has 0 radical (unpaired) electrons. The van der Waals surface area contributed by atoms with Gasteiger partial charge in [-0.3, -0.25) is 9.48 Å². The Kier molecular flexibility index (Phi) is 5.47. The zero-order chi connectivity index (χ0) is 14.6. The van der Waals surface area contributed by atoms with Crippen molar-refractivity contribution in [2.24, 2.45) is 12.8 Å². The first-order valence-corrected chi connectivity index (χ1v) is 6.89. The van der Waals surface area contributed by atoms with Gasteiger partial charge < -0.3 is 10.6 Å². The normalized spacial score (nSPS) is 10.8. The van der Waals surface area contributed by atoms with Crippen molar-refractivity contribution in [3.63, 3.8) is 0 Å². The molecular weight excluding hydrogens is 260 g/mol. The Morgan fingerprint density at radius 3 is 2.68 bits per heavy atom. The number of hydrogen-bond donors (Lipinski definition) is 1. The molecule has 0 aliphatic heterocycles. The lowest BCUT2D eigenvalue weighted by molar-refractivity contribution is 0.0710. The SMILES string of the molecule is CCc1nn(C)cc1C(=O)N(CCC(N)=S)C(C)C. The maximum atomic E-state index is 12.6. The molecule has 1 rings (SSSR count). The highest BCUT2D eigenvalue weighted by Gasteiger charge is 2.22. The van der Waals surface area contributed by atoms with E-state index in [2.05, 4.69) is 5.10 Å². The first-order valence-electron chi connectivity index (χ1n) is 6.48. The Balaban J connectivity index is 2.95. The lowest BCUT2D eigenvalue weighted by atomic mass is 10.1. The fourth-order valence-corrected chi connectivity index (χ4v) is 2.05. The molecule has 0 aliphatic rings. The third-order valence-corrected chi connectivity index (χ3v) is 3.16. The van der Waals surface area contributed by atoms with Gasteiger partial charge in [-0.05, 0) is 20.3 Å². The number of aryl methyl sites for hydroxylation is 2. The number of nitrogens with two attached hydrogens (primary N) is 1. The highest BCUT2D eigenvalue weighted by Crippen LogP contribution is 2.13. The van der Waals surface area contributed by atoms with Crippen LogP contribution in [0.15, 0.2) is 6.20 Å². The number of hydrogen-bond acceptors (Lipinski definition) is 3. The Hall–Kier alpha value is -1.43. The van der Waals surface area contributed by atoms with E-state index in [0.717, 1.165) is 12.1 Å². The van der Waals surface area contributed by atoms with Crippen molar-refractivity contribution in [1.82, 2.24) is 14.7 Å². The average Bonchev–Trinajstić information content (AvgIpc) is 2.69. The van der Waals surface area contributed by atoms with Gasteiger partial charge in [0.15, 0.2) is 0 Å². The van der Waals surface area contributed by atoms with E-state index >= 15 is 0 Å². The van der Waals surface area contributed by atoms with Gasteiger partial charge in [-0.15, -0.1) is 0 Å². The average molecular weight is 282 g/mol. The molecule has 0 spiro atoms. The summed E-state index contributed by atoms with van der Waals surface area (Å²) >= 11 is 4.88. The second-order valence-electron chi connectivity index (χ2n) is 4.83. The molecule has 1 aromatic rings. The molecule has 0 aliphatic carbocycles. The van der Waals surface area contributed by atoms with E-state index in [-0.39, 0.29) is 11.9 Å². The van der Waals surface area contributed by atoms with Gasteiger partial charge in [-0.1, -0.05) is 19.1 Å². The molecule has 0 unspecified atom stereocenters. The van der Waals surface area contributed by atoms with Crippen LogP contribution in [0.2, 0.25) is 0 Å². The quantitative estimate of drug-likeness (QED) is 0.803. The molecule has 19 heavy (non-hydrogen) atoms. The van der Waals surface area contributed by atoms with E-state index in [1.165, 1.54) is 0 Å². The lowest BCUT2D eigenvalue weighted by Gasteiger charge is -2.26. The van der Waals surface area contributed by atoms with Gasteiger partial charge in [0, 0.05) is 32.3 Å². The highest BCUT2D eigenvalue weighted by molar-refractivity contribution is 7.80. The molecule has 0 fully saturated rings. The number of carbonyl (C=O) groups is 1. The largest absolute Gasteiger partial charge is 0.393 e. The van der Waals surface area contributed by atoms with Crippen LogP contribution in [0, 0.1) is 0 Å². The third kappa shape index (κ3) is 4.02. The Labute approximate surface area is 119 Å². The van der Waals surface area contributed by atoms with Crippen LogP contribution >= 0.6 is 12.2 Å². The van der Waals surface area contributed by atoms with Crippen molar-refractivity contribution >= 4 is 23.1 Å². The van der Waals surface area contributed by atoms with Crippen LogP contribution in [0.25, 0.3) is 0 Å². The van der Waals surface area contributed by atoms with Crippen LogP contribution in [0.5, 0.6) is 0 Å². The van der Waals surface area contributed by atoms with Crippen molar-refractivity contribution < 1.29 is 4.79 Å². The molecule has 2 N–H and O–H groups in total. The summed E-state index contributed by atoms with van der Waals surface area (Å²) in [6, 6.07) is 0.103. The predicted octanol–water partition coefficient (Wildman–Crippen LogP) is 1.51. The lowest BCUT2D eigenvalue weighted by Crippen LogP contribution is -2.39. The summed E-state index contributed by atoms with van der Waals surface area (Å²) in [6.07, 6.45) is 3.06. The van der Waals surface area contributed by atoms with Crippen molar-refractivity contribution in [3.8, 4) is 0 Å². The fourth-order valence-electron chi connectivity index (χ4n) is 1.95. The summed E-state index contributed by atoms with van der Waals surface area (Å²) in [7, 11) is 1.82. The van der Waals surface area contributed by atoms with Crippen LogP contribution in [0.4, 0.5) is 0 Å². The monoisotopic (exact) mass is 282 g/mol. The van der Waals surface area contributed by atoms with E-state index in [9.17, 15) is 4.79 Å². The van der Waals surface area contributed by atoms with Gasteiger partial charge in [0.25, 0.3) is 5.91 Å². The van der Waals surface area contributed by atoms with E-state index in [4.69, 9.17) is 18.0 Å². The second kappa shape index (κ2) is 6.65. The predicted molar refractivity (Wildman–Crippen MR) is 80.2 cm³/mol. The van der Waals surface area contributed by atoms with Gasteiger partial charge in [0.1, 0.15) is 0 Å². The maximum absolute atomic E-state index is 12.6. The highest BCUT2D eigenvalue weighted by atomic mass is 32.1. The molecule has 1 amide bonds. The minimum absolute atomic E-state index is 0.00352. The van der Waals surface area contributed by atoms with Gasteiger partial charge >= 0.3 is 0 Å². The third-order valence-electron chi connectivity index (χ3n) is 2.95. The molecule has 0 aromatic carbocycles. The Morgan fingerprint density at radius 1 is 1.58 bits per heavy atom. The van der Waals surface area contributed by atoms with Crippen molar-refractivity contribution in [2.45, 2.75) is 39.7 Å². The Morgan fingerprint density at radius 2 is 2.21 bits per heavy atom. The molecule has 5 nitrogen and oxygen atoms in total. The molecule has 0 saturated heterocycles. The van der Waals surface area contributed by atoms with Gasteiger partial charge in [0.05, 0.1) is 16.2 Å². The van der Waals surface area contributed by atoms with Gasteiger partial charge in [0.2, 0.25) is 0 Å². The van der Waals surface area contributed by atoms with E-state index in [0.29, 0.717) is 23.5 Å². The van der Waals surface area contributed by atoms with E-state index in [1.807, 2.05) is 27.8 Å². The summed E-state index contributed by atoms with van der Waals surface area (Å²) in [5.41, 5.74) is 7.01. The molecular formula is C13H22N4OS. The number of nitrogens with zero attached hydrogens (tertiary/aromatic N) is 3. The number of thiocarbonyl (C=S) groups is 1. The van der Waals surface area contributed by atoms with Crippen LogP contribution in [0.1, 0.15) is 43.2 Å². The summed E-state index contributed by atoms with van der Waals surface area (Å²) < 4.78 is 1.68. The van der Waals surface area contributed by atoms with Gasteiger partial charge in [-0.25, -0.2) is 0 Å².